The Morgan fingerprint density at radius 3 is 2.67 bits per heavy atom. The Hall–Kier alpha value is -2.42. The minimum atomic E-state index is -1.35. The predicted octanol–water partition coefficient (Wildman–Crippen LogP) is 1.17. The summed E-state index contributed by atoms with van der Waals surface area (Å²) in [4.78, 5) is 22.3. The first-order valence-corrected chi connectivity index (χ1v) is 4.88. The molecule has 1 atom stereocenters. The number of rotatable bonds is 4. The Morgan fingerprint density at radius 1 is 1.44 bits per heavy atom. The van der Waals surface area contributed by atoms with Gasteiger partial charge in [-0.15, -0.1) is 12.3 Å². The van der Waals surface area contributed by atoms with E-state index < -0.39 is 35.1 Å². The van der Waals surface area contributed by atoms with Gasteiger partial charge in [0.1, 0.15) is 6.04 Å². The molecule has 0 radical (unpaired) electrons. The van der Waals surface area contributed by atoms with Crippen LogP contribution in [0.2, 0.25) is 0 Å². The van der Waals surface area contributed by atoms with Crippen molar-refractivity contribution in [1.82, 2.24) is 5.32 Å². The van der Waals surface area contributed by atoms with Crippen LogP contribution in [0, 0.1) is 24.0 Å². The Balaban J connectivity index is 2.91. The topological polar surface area (TPSA) is 66.4 Å². The number of nitrogens with one attached hydrogen (secondary N) is 1. The van der Waals surface area contributed by atoms with Crippen molar-refractivity contribution in [2.24, 2.45) is 0 Å². The number of amides is 1. The van der Waals surface area contributed by atoms with Gasteiger partial charge in [-0.2, -0.15) is 0 Å². The molecule has 1 amide bonds. The number of carbonyl (C=O) groups is 2. The minimum Gasteiger partial charge on any atom is -0.480 e. The third kappa shape index (κ3) is 3.04. The van der Waals surface area contributed by atoms with Crippen LogP contribution in [-0.4, -0.2) is 23.0 Å². The molecule has 0 fully saturated rings. The summed E-state index contributed by atoms with van der Waals surface area (Å²) >= 11 is 0. The van der Waals surface area contributed by atoms with E-state index in [2.05, 4.69) is 5.92 Å². The van der Waals surface area contributed by atoms with Gasteiger partial charge in [-0.25, -0.2) is 13.6 Å². The Bertz CT molecular complexity index is 523. The SMILES string of the molecule is C#CCC(NC(=O)c1cccc(F)c1F)C(=O)O. The first-order chi connectivity index (χ1) is 8.47. The van der Waals surface area contributed by atoms with Gasteiger partial charge in [-0.3, -0.25) is 4.79 Å². The molecule has 1 rings (SSSR count). The molecule has 0 aliphatic heterocycles. The van der Waals surface area contributed by atoms with Crippen LogP contribution >= 0.6 is 0 Å². The van der Waals surface area contributed by atoms with Gasteiger partial charge in [0, 0.05) is 6.42 Å². The second-order valence-corrected chi connectivity index (χ2v) is 3.37. The molecule has 0 aromatic heterocycles. The maximum absolute atomic E-state index is 13.3. The van der Waals surface area contributed by atoms with Gasteiger partial charge >= 0.3 is 5.97 Å². The molecule has 0 heterocycles. The lowest BCUT2D eigenvalue weighted by Gasteiger charge is -2.12. The Morgan fingerprint density at radius 2 is 2.11 bits per heavy atom. The van der Waals surface area contributed by atoms with Gasteiger partial charge in [0.2, 0.25) is 0 Å². The van der Waals surface area contributed by atoms with Gasteiger partial charge in [0.05, 0.1) is 5.56 Å². The average Bonchev–Trinajstić information content (AvgIpc) is 2.31. The highest BCUT2D eigenvalue weighted by atomic mass is 19.2. The molecule has 0 aliphatic carbocycles. The molecular weight excluding hydrogens is 244 g/mol. The zero-order chi connectivity index (χ0) is 13.7. The lowest BCUT2D eigenvalue weighted by molar-refractivity contribution is -0.139. The number of hydrogen-bond donors (Lipinski definition) is 2. The van der Waals surface area contributed by atoms with Crippen molar-refractivity contribution < 1.29 is 23.5 Å². The standard InChI is InChI=1S/C12H9F2NO3/c1-2-4-9(12(17)18)15-11(16)7-5-3-6-8(13)10(7)14/h1,3,5-6,9H,4H2,(H,15,16)(H,17,18). The van der Waals surface area contributed by atoms with E-state index in [1.807, 2.05) is 5.32 Å². The molecule has 94 valence electrons. The fourth-order valence-corrected chi connectivity index (χ4v) is 1.23. The molecule has 1 aromatic carbocycles. The van der Waals surface area contributed by atoms with Crippen LogP contribution in [0.4, 0.5) is 8.78 Å². The van der Waals surface area contributed by atoms with Crippen LogP contribution in [0.1, 0.15) is 16.8 Å². The number of carboxylic acids is 1. The maximum atomic E-state index is 13.3. The van der Waals surface area contributed by atoms with Crippen molar-refractivity contribution in [1.29, 1.82) is 0 Å². The molecule has 0 bridgehead atoms. The molecule has 4 nitrogen and oxygen atoms in total. The van der Waals surface area contributed by atoms with E-state index in [9.17, 15) is 18.4 Å². The van der Waals surface area contributed by atoms with Gasteiger partial charge < -0.3 is 10.4 Å². The van der Waals surface area contributed by atoms with Crippen LogP contribution in [-0.2, 0) is 4.79 Å². The maximum Gasteiger partial charge on any atom is 0.327 e. The summed E-state index contributed by atoms with van der Waals surface area (Å²) in [6, 6.07) is 1.69. The number of terminal acetylenes is 1. The number of hydrogen-bond acceptors (Lipinski definition) is 2. The fourth-order valence-electron chi connectivity index (χ4n) is 1.23. The normalized spacial score (nSPS) is 11.4. The first-order valence-electron chi connectivity index (χ1n) is 4.88. The molecule has 2 N–H and O–H groups in total. The molecule has 1 unspecified atom stereocenters. The van der Waals surface area contributed by atoms with E-state index >= 15 is 0 Å². The van der Waals surface area contributed by atoms with E-state index in [4.69, 9.17) is 11.5 Å². The lowest BCUT2D eigenvalue weighted by Crippen LogP contribution is -2.40. The van der Waals surface area contributed by atoms with Crippen LogP contribution < -0.4 is 5.32 Å². The third-order valence-electron chi connectivity index (χ3n) is 2.12. The minimum absolute atomic E-state index is 0.252. The number of carboxylic acid groups (broad SMARTS) is 1. The van der Waals surface area contributed by atoms with Gasteiger partial charge in [-0.05, 0) is 12.1 Å². The smallest absolute Gasteiger partial charge is 0.327 e. The highest BCUT2D eigenvalue weighted by molar-refractivity contribution is 5.96. The van der Waals surface area contributed by atoms with E-state index in [0.29, 0.717) is 0 Å². The summed E-state index contributed by atoms with van der Waals surface area (Å²) < 4.78 is 26.1. The quantitative estimate of drug-likeness (QED) is 0.791. The van der Waals surface area contributed by atoms with Crippen molar-refractivity contribution in [3.63, 3.8) is 0 Å². The van der Waals surface area contributed by atoms with Crippen LogP contribution in [0.25, 0.3) is 0 Å². The number of carbonyl (C=O) groups excluding carboxylic acids is 1. The lowest BCUT2D eigenvalue weighted by atomic mass is 10.1. The molecule has 0 aliphatic rings. The van der Waals surface area contributed by atoms with Crippen molar-refractivity contribution in [2.45, 2.75) is 12.5 Å². The van der Waals surface area contributed by atoms with E-state index in [0.717, 1.165) is 18.2 Å². The highest BCUT2D eigenvalue weighted by Gasteiger charge is 2.22. The fraction of sp³-hybridized carbons (Fsp3) is 0.167. The third-order valence-corrected chi connectivity index (χ3v) is 2.12. The summed E-state index contributed by atoms with van der Waals surface area (Å²) in [6.45, 7) is 0. The van der Waals surface area contributed by atoms with Crippen molar-refractivity contribution in [3.05, 3.63) is 35.4 Å². The van der Waals surface area contributed by atoms with E-state index in [1.165, 1.54) is 0 Å². The summed E-state index contributed by atoms with van der Waals surface area (Å²) in [5.74, 6) is -2.84. The number of aliphatic carboxylic acids is 1. The average molecular weight is 253 g/mol. The molecule has 1 aromatic rings. The number of halogens is 2. The van der Waals surface area contributed by atoms with Crippen LogP contribution in [0.3, 0.4) is 0 Å². The van der Waals surface area contributed by atoms with Crippen LogP contribution in [0.5, 0.6) is 0 Å². The molecule has 0 saturated carbocycles. The van der Waals surface area contributed by atoms with E-state index in [-0.39, 0.29) is 6.42 Å². The summed E-state index contributed by atoms with van der Waals surface area (Å²) in [6.07, 6.45) is 4.68. The first kappa shape index (κ1) is 13.6. The monoisotopic (exact) mass is 253 g/mol. The van der Waals surface area contributed by atoms with Crippen molar-refractivity contribution in [2.75, 3.05) is 0 Å². The second kappa shape index (κ2) is 5.77. The zero-order valence-corrected chi connectivity index (χ0v) is 9.11. The zero-order valence-electron chi connectivity index (χ0n) is 9.11. The van der Waals surface area contributed by atoms with Gasteiger partial charge in [-0.1, -0.05) is 6.07 Å². The summed E-state index contributed by atoms with van der Waals surface area (Å²) in [7, 11) is 0. The molecule has 18 heavy (non-hydrogen) atoms. The van der Waals surface area contributed by atoms with Gasteiger partial charge in [0.25, 0.3) is 5.91 Å². The highest BCUT2D eigenvalue weighted by Crippen LogP contribution is 2.11. The second-order valence-electron chi connectivity index (χ2n) is 3.37. The largest absolute Gasteiger partial charge is 0.480 e. The molecule has 0 saturated heterocycles. The van der Waals surface area contributed by atoms with Crippen molar-refractivity contribution in [3.8, 4) is 12.3 Å². The van der Waals surface area contributed by atoms with Gasteiger partial charge in [0.15, 0.2) is 11.6 Å². The van der Waals surface area contributed by atoms with Crippen LogP contribution in [0.15, 0.2) is 18.2 Å². The predicted molar refractivity (Wildman–Crippen MR) is 58.7 cm³/mol. The van der Waals surface area contributed by atoms with Crippen molar-refractivity contribution >= 4 is 11.9 Å². The molecular formula is C12H9F2NO3. The number of benzene rings is 1. The molecule has 6 heteroatoms. The summed E-state index contributed by atoms with van der Waals surface area (Å²) in [5.41, 5.74) is -0.571. The summed E-state index contributed by atoms with van der Waals surface area (Å²) in [5, 5.41) is 10.8. The van der Waals surface area contributed by atoms with E-state index in [1.54, 1.807) is 0 Å². The molecule has 0 spiro atoms. The Kier molecular flexibility index (Phi) is 4.38. The Labute approximate surface area is 102 Å².